The van der Waals surface area contributed by atoms with Gasteiger partial charge in [-0.2, -0.15) is 0 Å². The molecule has 2 aromatic rings. The van der Waals surface area contributed by atoms with E-state index in [1.165, 1.54) is 0 Å². The number of ether oxygens (including phenoxy) is 1. The summed E-state index contributed by atoms with van der Waals surface area (Å²) in [5.74, 6) is 0.240. The number of carbonyl (C=O) groups is 1. The summed E-state index contributed by atoms with van der Waals surface area (Å²) in [6, 6.07) is 13.2. The van der Waals surface area contributed by atoms with Crippen LogP contribution in [0, 0.1) is 0 Å². The third-order valence-electron chi connectivity index (χ3n) is 5.41. The van der Waals surface area contributed by atoms with Crippen LogP contribution in [0.5, 0.6) is 5.75 Å². The molecule has 0 saturated carbocycles. The van der Waals surface area contributed by atoms with Crippen molar-refractivity contribution in [3.05, 3.63) is 76.9 Å². The fourth-order valence-electron chi connectivity index (χ4n) is 3.77. The van der Waals surface area contributed by atoms with Gasteiger partial charge in [-0.05, 0) is 46.4 Å². The minimum absolute atomic E-state index is 0.0150. The topological polar surface area (TPSA) is 87.0 Å². The Bertz CT molecular complexity index is 982. The molecule has 0 amide bonds. The molecular weight excluding hydrogens is 356 g/mol. The lowest BCUT2D eigenvalue weighted by atomic mass is 9.89. The second-order valence-corrected chi connectivity index (χ2v) is 7.26. The Morgan fingerprint density at radius 2 is 1.79 bits per heavy atom. The summed E-state index contributed by atoms with van der Waals surface area (Å²) >= 11 is 0. The summed E-state index contributed by atoms with van der Waals surface area (Å²) in [5.41, 5.74) is 4.18. The fourth-order valence-corrected chi connectivity index (χ4v) is 3.77. The van der Waals surface area contributed by atoms with Gasteiger partial charge in [0.15, 0.2) is 11.4 Å². The van der Waals surface area contributed by atoms with Crippen molar-refractivity contribution in [3.63, 3.8) is 0 Å². The van der Waals surface area contributed by atoms with Crippen LogP contribution in [0.15, 0.2) is 54.6 Å². The average Bonchev–Trinajstić information content (AvgIpc) is 3.23. The van der Waals surface area contributed by atoms with Gasteiger partial charge in [-0.3, -0.25) is 4.79 Å². The molecule has 0 atom stereocenters. The van der Waals surface area contributed by atoms with E-state index in [9.17, 15) is 20.1 Å². The van der Waals surface area contributed by atoms with E-state index < -0.39 is 18.8 Å². The van der Waals surface area contributed by atoms with E-state index in [0.717, 1.165) is 34.3 Å². The molecular formula is C23H22O5. The van der Waals surface area contributed by atoms with Crippen molar-refractivity contribution in [2.24, 2.45) is 0 Å². The summed E-state index contributed by atoms with van der Waals surface area (Å²) < 4.78 is 5.75. The number of fused-ring (bicyclic) bond motifs is 1. The summed E-state index contributed by atoms with van der Waals surface area (Å²) in [4.78, 5) is 12.6. The molecule has 0 saturated heterocycles. The summed E-state index contributed by atoms with van der Waals surface area (Å²) in [5, 5.41) is 28.6. The van der Waals surface area contributed by atoms with Crippen molar-refractivity contribution in [1.29, 1.82) is 0 Å². The number of aliphatic hydroxyl groups excluding tert-OH is 3. The maximum Gasteiger partial charge on any atom is 0.170 e. The average molecular weight is 378 g/mol. The zero-order chi connectivity index (χ0) is 19.7. The highest BCUT2D eigenvalue weighted by Crippen LogP contribution is 2.38. The molecule has 1 aliphatic heterocycles. The normalized spacial score (nSPS) is 17.6. The van der Waals surface area contributed by atoms with Gasteiger partial charge in [0.1, 0.15) is 5.75 Å². The third-order valence-corrected chi connectivity index (χ3v) is 5.41. The molecule has 28 heavy (non-hydrogen) atoms. The van der Waals surface area contributed by atoms with E-state index in [4.69, 9.17) is 4.74 Å². The zero-order valence-corrected chi connectivity index (χ0v) is 15.4. The standard InChI is InChI=1S/C23H22O5/c24-12-18-3-1-2-4-19(18)17-6-5-15(9-17)16-7-8-22-20(10-16)21(27)11-23(13-25,14-26)28-22/h1-4,6-10,24-26H,5,11-14H2. The number of ketones is 1. The Hall–Kier alpha value is -2.73. The van der Waals surface area contributed by atoms with Gasteiger partial charge in [-0.1, -0.05) is 42.5 Å². The van der Waals surface area contributed by atoms with Gasteiger partial charge in [0.25, 0.3) is 0 Å². The van der Waals surface area contributed by atoms with Crippen LogP contribution in [0.25, 0.3) is 11.1 Å². The Morgan fingerprint density at radius 1 is 1.00 bits per heavy atom. The first kappa shape index (κ1) is 18.6. The molecule has 0 unspecified atom stereocenters. The highest BCUT2D eigenvalue weighted by molar-refractivity contribution is 6.01. The van der Waals surface area contributed by atoms with Crippen molar-refractivity contribution in [2.75, 3.05) is 13.2 Å². The van der Waals surface area contributed by atoms with E-state index in [1.54, 1.807) is 6.07 Å². The Labute approximate surface area is 163 Å². The van der Waals surface area contributed by atoms with Gasteiger partial charge < -0.3 is 20.1 Å². The molecule has 144 valence electrons. The number of hydrogen-bond acceptors (Lipinski definition) is 5. The van der Waals surface area contributed by atoms with Crippen molar-refractivity contribution in [1.82, 2.24) is 0 Å². The predicted molar refractivity (Wildman–Crippen MR) is 106 cm³/mol. The number of rotatable bonds is 5. The van der Waals surface area contributed by atoms with Gasteiger partial charge in [-0.25, -0.2) is 0 Å². The van der Waals surface area contributed by atoms with Crippen LogP contribution >= 0.6 is 0 Å². The summed E-state index contributed by atoms with van der Waals surface area (Å²) in [7, 11) is 0. The third kappa shape index (κ3) is 3.18. The smallest absolute Gasteiger partial charge is 0.170 e. The zero-order valence-electron chi connectivity index (χ0n) is 15.4. The van der Waals surface area contributed by atoms with Crippen molar-refractivity contribution in [3.8, 4) is 5.75 Å². The van der Waals surface area contributed by atoms with Gasteiger partial charge in [0, 0.05) is 0 Å². The van der Waals surface area contributed by atoms with Gasteiger partial charge >= 0.3 is 0 Å². The van der Waals surface area contributed by atoms with Crippen molar-refractivity contribution in [2.45, 2.75) is 25.0 Å². The lowest BCUT2D eigenvalue weighted by molar-refractivity contribution is -0.0403. The number of Topliss-reactive ketones (excluding diaryl/α,β-unsaturated/α-hetero) is 1. The molecule has 4 rings (SSSR count). The first-order valence-electron chi connectivity index (χ1n) is 9.27. The molecule has 3 N–H and O–H groups in total. The second-order valence-electron chi connectivity index (χ2n) is 7.26. The largest absolute Gasteiger partial charge is 0.481 e. The van der Waals surface area contributed by atoms with Crippen molar-refractivity contribution < 1.29 is 24.9 Å². The highest BCUT2D eigenvalue weighted by Gasteiger charge is 2.40. The lowest BCUT2D eigenvalue weighted by Crippen LogP contribution is -2.48. The highest BCUT2D eigenvalue weighted by atomic mass is 16.5. The molecule has 0 spiro atoms. The summed E-state index contributed by atoms with van der Waals surface area (Å²) in [6.45, 7) is -0.850. The Kier molecular flexibility index (Phi) is 4.89. The Balaban J connectivity index is 1.64. The molecule has 2 aliphatic rings. The molecule has 0 aromatic heterocycles. The van der Waals surface area contributed by atoms with Gasteiger partial charge in [0.05, 0.1) is 31.8 Å². The van der Waals surface area contributed by atoms with Crippen LogP contribution < -0.4 is 4.74 Å². The van der Waals surface area contributed by atoms with Gasteiger partial charge in [0.2, 0.25) is 0 Å². The molecule has 0 bridgehead atoms. The SMILES string of the molecule is O=C1CC(CO)(CO)Oc2ccc(C3=CC(c4ccccc4CO)=CC3)cc21. The number of aliphatic hydroxyl groups is 3. The van der Waals surface area contributed by atoms with Crippen molar-refractivity contribution >= 4 is 16.9 Å². The van der Waals surface area contributed by atoms with E-state index in [-0.39, 0.29) is 18.8 Å². The maximum absolute atomic E-state index is 12.6. The van der Waals surface area contributed by atoms with Gasteiger partial charge in [-0.15, -0.1) is 0 Å². The van der Waals surface area contributed by atoms with E-state index >= 15 is 0 Å². The number of carbonyl (C=O) groups excluding carboxylic acids is 1. The second kappa shape index (κ2) is 7.36. The molecule has 0 radical (unpaired) electrons. The minimum atomic E-state index is -1.25. The number of benzene rings is 2. The molecule has 2 aromatic carbocycles. The fraction of sp³-hybridized carbons (Fsp3) is 0.261. The first-order chi connectivity index (χ1) is 13.6. The monoisotopic (exact) mass is 378 g/mol. The van der Waals surface area contributed by atoms with E-state index in [1.807, 2.05) is 36.4 Å². The molecule has 5 nitrogen and oxygen atoms in total. The molecule has 0 fully saturated rings. The summed E-state index contributed by atoms with van der Waals surface area (Å²) in [6.07, 6.45) is 4.88. The Morgan fingerprint density at radius 3 is 2.54 bits per heavy atom. The van der Waals surface area contributed by atoms with Crippen LogP contribution in [0.2, 0.25) is 0 Å². The number of allylic oxidation sites excluding steroid dienone is 4. The molecule has 5 heteroatoms. The van der Waals surface area contributed by atoms with Crippen LogP contribution in [-0.2, 0) is 6.61 Å². The quantitative estimate of drug-likeness (QED) is 0.745. The molecule has 1 aliphatic carbocycles. The predicted octanol–water partition coefficient (Wildman–Crippen LogP) is 2.74. The van der Waals surface area contributed by atoms with E-state index in [0.29, 0.717) is 11.3 Å². The maximum atomic E-state index is 12.6. The van der Waals surface area contributed by atoms with Crippen LogP contribution in [-0.4, -0.2) is 39.9 Å². The van der Waals surface area contributed by atoms with Crippen LogP contribution in [0.4, 0.5) is 0 Å². The lowest BCUT2D eigenvalue weighted by Gasteiger charge is -2.35. The van der Waals surface area contributed by atoms with Crippen LogP contribution in [0.3, 0.4) is 0 Å². The minimum Gasteiger partial charge on any atom is -0.481 e. The first-order valence-corrected chi connectivity index (χ1v) is 9.27. The molecule has 1 heterocycles. The van der Waals surface area contributed by atoms with Crippen LogP contribution in [0.1, 0.15) is 39.9 Å². The van der Waals surface area contributed by atoms with E-state index in [2.05, 4.69) is 12.2 Å². The number of hydrogen-bond donors (Lipinski definition) is 3.